The van der Waals surface area contributed by atoms with Crippen molar-refractivity contribution < 1.29 is 9.59 Å². The van der Waals surface area contributed by atoms with E-state index in [4.69, 9.17) is 23.2 Å². The van der Waals surface area contributed by atoms with Gasteiger partial charge in [-0.2, -0.15) is 0 Å². The van der Waals surface area contributed by atoms with Crippen LogP contribution in [0.5, 0.6) is 0 Å². The van der Waals surface area contributed by atoms with E-state index in [9.17, 15) is 9.59 Å². The predicted octanol–water partition coefficient (Wildman–Crippen LogP) is 4.55. The average Bonchev–Trinajstić information content (AvgIpc) is 2.75. The van der Waals surface area contributed by atoms with Gasteiger partial charge in [-0.3, -0.25) is 9.59 Å². The molecular formula is C21H18Cl2N4O2. The van der Waals surface area contributed by atoms with E-state index in [0.29, 0.717) is 33.7 Å². The van der Waals surface area contributed by atoms with Crippen LogP contribution in [0, 0.1) is 0 Å². The third-order valence-electron chi connectivity index (χ3n) is 4.16. The molecule has 1 aromatic heterocycles. The molecule has 0 unspecified atom stereocenters. The molecule has 0 bridgehead atoms. The summed E-state index contributed by atoms with van der Waals surface area (Å²) < 4.78 is 0. The summed E-state index contributed by atoms with van der Waals surface area (Å²) in [5.41, 5.74) is 1.48. The molecule has 0 aliphatic carbocycles. The van der Waals surface area contributed by atoms with E-state index < -0.39 is 5.91 Å². The van der Waals surface area contributed by atoms with Gasteiger partial charge in [-0.15, -0.1) is 0 Å². The molecule has 1 N–H and O–H groups in total. The summed E-state index contributed by atoms with van der Waals surface area (Å²) in [6.45, 7) is 1.97. The zero-order valence-corrected chi connectivity index (χ0v) is 17.1. The number of rotatable bonds is 6. The van der Waals surface area contributed by atoms with Crippen LogP contribution < -0.4 is 5.32 Å². The van der Waals surface area contributed by atoms with Gasteiger partial charge in [-0.05, 0) is 19.1 Å². The van der Waals surface area contributed by atoms with E-state index >= 15 is 0 Å². The van der Waals surface area contributed by atoms with Crippen LogP contribution >= 0.6 is 23.2 Å². The second-order valence-electron chi connectivity index (χ2n) is 6.13. The average molecular weight is 429 g/mol. The Morgan fingerprint density at radius 2 is 1.59 bits per heavy atom. The lowest BCUT2D eigenvalue weighted by Gasteiger charge is -2.20. The van der Waals surface area contributed by atoms with Gasteiger partial charge in [0.2, 0.25) is 5.91 Å². The molecule has 1 heterocycles. The van der Waals surface area contributed by atoms with Gasteiger partial charge < -0.3 is 10.2 Å². The minimum absolute atomic E-state index is 0.155. The largest absolute Gasteiger partial charge is 0.330 e. The summed E-state index contributed by atoms with van der Waals surface area (Å²) in [6.07, 6.45) is 2.92. The first kappa shape index (κ1) is 20.8. The number of nitrogens with one attached hydrogen (secondary N) is 1. The summed E-state index contributed by atoms with van der Waals surface area (Å²) in [6, 6.07) is 14.4. The number of amides is 2. The van der Waals surface area contributed by atoms with Crippen molar-refractivity contribution in [3.05, 3.63) is 76.5 Å². The van der Waals surface area contributed by atoms with Gasteiger partial charge in [0.15, 0.2) is 5.82 Å². The van der Waals surface area contributed by atoms with Gasteiger partial charge in [0, 0.05) is 24.5 Å². The zero-order valence-electron chi connectivity index (χ0n) is 15.6. The maximum Gasteiger partial charge on any atom is 0.257 e. The van der Waals surface area contributed by atoms with Gasteiger partial charge >= 0.3 is 0 Å². The van der Waals surface area contributed by atoms with E-state index in [1.165, 1.54) is 17.3 Å². The van der Waals surface area contributed by atoms with Gasteiger partial charge in [-0.1, -0.05) is 59.6 Å². The maximum atomic E-state index is 12.8. The van der Waals surface area contributed by atoms with Crippen LogP contribution in [-0.2, 0) is 4.79 Å². The standard InChI is InChI=1S/C21H18Cl2N4O2/c1-2-27(13-18(28)26-19-16(22)9-6-10-17(19)23)21(29)15-11-24-20(25-12-15)14-7-4-3-5-8-14/h3-12H,2,13H2,1H3,(H,26,28). The topological polar surface area (TPSA) is 75.2 Å². The molecule has 0 saturated heterocycles. The number of nitrogens with zero attached hydrogens (tertiary/aromatic N) is 3. The number of hydrogen-bond donors (Lipinski definition) is 1. The van der Waals surface area contributed by atoms with Crippen LogP contribution in [0.15, 0.2) is 60.9 Å². The van der Waals surface area contributed by atoms with Gasteiger partial charge in [0.05, 0.1) is 21.3 Å². The Balaban J connectivity index is 1.69. The van der Waals surface area contributed by atoms with Crippen LogP contribution in [0.2, 0.25) is 10.0 Å². The normalized spacial score (nSPS) is 10.4. The minimum atomic E-state index is -0.406. The van der Waals surface area contributed by atoms with E-state index in [2.05, 4.69) is 15.3 Å². The van der Waals surface area contributed by atoms with Crippen molar-refractivity contribution in [3.63, 3.8) is 0 Å². The first-order chi connectivity index (χ1) is 14.0. The van der Waals surface area contributed by atoms with Crippen molar-refractivity contribution in [2.75, 3.05) is 18.4 Å². The lowest BCUT2D eigenvalue weighted by Crippen LogP contribution is -2.38. The molecule has 2 aromatic carbocycles. The number of anilines is 1. The summed E-state index contributed by atoms with van der Waals surface area (Å²) in [7, 11) is 0. The molecule has 8 heteroatoms. The SMILES string of the molecule is CCN(CC(=O)Nc1c(Cl)cccc1Cl)C(=O)c1cnc(-c2ccccc2)nc1. The molecule has 6 nitrogen and oxygen atoms in total. The smallest absolute Gasteiger partial charge is 0.257 e. The number of benzene rings is 2. The molecule has 2 amide bonds. The fourth-order valence-corrected chi connectivity index (χ4v) is 3.15. The lowest BCUT2D eigenvalue weighted by molar-refractivity contribution is -0.116. The lowest BCUT2D eigenvalue weighted by atomic mass is 10.2. The third kappa shape index (κ3) is 5.10. The van der Waals surface area contributed by atoms with Crippen molar-refractivity contribution >= 4 is 40.7 Å². The number of carbonyl (C=O) groups is 2. The zero-order chi connectivity index (χ0) is 20.8. The second-order valence-corrected chi connectivity index (χ2v) is 6.94. The molecule has 0 saturated carbocycles. The Labute approximate surface area is 178 Å². The highest BCUT2D eigenvalue weighted by Crippen LogP contribution is 2.29. The fourth-order valence-electron chi connectivity index (χ4n) is 2.65. The van der Waals surface area contributed by atoms with Gasteiger partial charge in [0.25, 0.3) is 5.91 Å². The number of halogens is 2. The molecule has 0 spiro atoms. The monoisotopic (exact) mass is 428 g/mol. The molecule has 3 aromatic rings. The minimum Gasteiger partial charge on any atom is -0.330 e. The summed E-state index contributed by atoms with van der Waals surface area (Å²) in [4.78, 5) is 35.1. The van der Waals surface area contributed by atoms with Crippen molar-refractivity contribution in [1.82, 2.24) is 14.9 Å². The molecule has 0 radical (unpaired) electrons. The van der Waals surface area contributed by atoms with Crippen molar-refractivity contribution in [2.45, 2.75) is 6.92 Å². The highest BCUT2D eigenvalue weighted by Gasteiger charge is 2.19. The Bertz CT molecular complexity index is 991. The van der Waals surface area contributed by atoms with E-state index in [0.717, 1.165) is 5.56 Å². The van der Waals surface area contributed by atoms with Crippen molar-refractivity contribution in [2.24, 2.45) is 0 Å². The fraction of sp³-hybridized carbons (Fsp3) is 0.143. The Kier molecular flexibility index (Phi) is 6.80. The summed E-state index contributed by atoms with van der Waals surface area (Å²) in [5.74, 6) is -0.221. The first-order valence-electron chi connectivity index (χ1n) is 8.90. The van der Waals surface area contributed by atoms with Crippen LogP contribution in [-0.4, -0.2) is 39.8 Å². The molecule has 3 rings (SSSR count). The summed E-state index contributed by atoms with van der Waals surface area (Å²) >= 11 is 12.1. The van der Waals surface area contributed by atoms with Crippen molar-refractivity contribution in [1.29, 1.82) is 0 Å². The highest BCUT2D eigenvalue weighted by molar-refractivity contribution is 6.39. The molecule has 148 valence electrons. The molecule has 0 atom stereocenters. The summed E-state index contributed by atoms with van der Waals surface area (Å²) in [5, 5.41) is 3.30. The van der Waals surface area contributed by atoms with Gasteiger partial charge in [0.1, 0.15) is 6.54 Å². The number of carbonyl (C=O) groups excluding carboxylic acids is 2. The predicted molar refractivity (Wildman–Crippen MR) is 114 cm³/mol. The van der Waals surface area contributed by atoms with E-state index in [1.807, 2.05) is 30.3 Å². The van der Waals surface area contributed by atoms with E-state index in [-0.39, 0.29) is 12.5 Å². The van der Waals surface area contributed by atoms with Crippen LogP contribution in [0.3, 0.4) is 0 Å². The number of aromatic nitrogens is 2. The van der Waals surface area contributed by atoms with Crippen LogP contribution in [0.25, 0.3) is 11.4 Å². The Morgan fingerprint density at radius 1 is 0.966 bits per heavy atom. The van der Waals surface area contributed by atoms with Crippen molar-refractivity contribution in [3.8, 4) is 11.4 Å². The number of hydrogen-bond acceptors (Lipinski definition) is 4. The van der Waals surface area contributed by atoms with Gasteiger partial charge in [-0.25, -0.2) is 9.97 Å². The third-order valence-corrected chi connectivity index (χ3v) is 4.79. The molecule has 0 aliphatic heterocycles. The molecule has 0 aliphatic rings. The highest BCUT2D eigenvalue weighted by atomic mass is 35.5. The Morgan fingerprint density at radius 3 is 2.17 bits per heavy atom. The number of likely N-dealkylation sites (N-methyl/N-ethyl adjacent to an activating group) is 1. The van der Waals surface area contributed by atoms with E-state index in [1.54, 1.807) is 25.1 Å². The van der Waals surface area contributed by atoms with Crippen LogP contribution in [0.1, 0.15) is 17.3 Å². The molecular weight excluding hydrogens is 411 g/mol. The first-order valence-corrected chi connectivity index (χ1v) is 9.65. The maximum absolute atomic E-state index is 12.8. The van der Waals surface area contributed by atoms with Crippen LogP contribution in [0.4, 0.5) is 5.69 Å². The Hall–Kier alpha value is -2.96. The second kappa shape index (κ2) is 9.49. The number of para-hydroxylation sites is 1. The quantitative estimate of drug-likeness (QED) is 0.624. The molecule has 29 heavy (non-hydrogen) atoms. The molecule has 0 fully saturated rings.